The van der Waals surface area contributed by atoms with Gasteiger partial charge in [0.1, 0.15) is 0 Å². The summed E-state index contributed by atoms with van der Waals surface area (Å²) in [5.74, 6) is -0.696. The molecule has 0 aliphatic heterocycles. The first-order valence-electron chi connectivity index (χ1n) is 3.49. The molecule has 3 nitrogen and oxygen atoms in total. The van der Waals surface area contributed by atoms with Crippen molar-refractivity contribution in [2.24, 2.45) is 0 Å². The first kappa shape index (κ1) is 13.3. The smallest absolute Gasteiger partial charge is 0.303 e. The van der Waals surface area contributed by atoms with Crippen LogP contribution in [0.5, 0.6) is 0 Å². The third kappa shape index (κ3) is 12.8. The van der Waals surface area contributed by atoms with Crippen LogP contribution in [0.4, 0.5) is 0 Å². The zero-order chi connectivity index (χ0) is 7.98. The van der Waals surface area contributed by atoms with Crippen LogP contribution in [0, 0.1) is 0 Å². The van der Waals surface area contributed by atoms with Crippen LogP contribution >= 0.6 is 12.4 Å². The lowest BCUT2D eigenvalue weighted by Crippen LogP contribution is -2.13. The number of carboxylic acid groups (broad SMARTS) is 1. The first-order chi connectivity index (χ1) is 4.63. The molecule has 0 saturated heterocycles. The highest BCUT2D eigenvalue weighted by atomic mass is 35.5. The van der Waals surface area contributed by atoms with Gasteiger partial charge in [-0.05, 0) is 33.5 Å². The van der Waals surface area contributed by atoms with Crippen molar-refractivity contribution in [2.45, 2.75) is 19.3 Å². The molecule has 0 saturated carbocycles. The summed E-state index contributed by atoms with van der Waals surface area (Å²) in [6, 6.07) is 0. The van der Waals surface area contributed by atoms with Crippen molar-refractivity contribution in [1.82, 2.24) is 4.90 Å². The number of hydrogen-bond donors (Lipinski definition) is 1. The maximum absolute atomic E-state index is 10.0. The fraction of sp³-hybridized carbons (Fsp3) is 0.857. The largest absolute Gasteiger partial charge is 0.481 e. The van der Waals surface area contributed by atoms with Gasteiger partial charge in [0.15, 0.2) is 0 Å². The molecule has 1 N–H and O–H groups in total. The Labute approximate surface area is 73.8 Å². The molecular weight excluding hydrogens is 166 g/mol. The third-order valence-corrected chi connectivity index (χ3v) is 1.25. The van der Waals surface area contributed by atoms with Gasteiger partial charge in [-0.3, -0.25) is 4.79 Å². The predicted molar refractivity (Wildman–Crippen MR) is 47.3 cm³/mol. The molecule has 0 unspecified atom stereocenters. The van der Waals surface area contributed by atoms with E-state index < -0.39 is 5.97 Å². The number of hydrogen-bond acceptors (Lipinski definition) is 2. The molecule has 4 heteroatoms. The highest BCUT2D eigenvalue weighted by molar-refractivity contribution is 5.85. The maximum Gasteiger partial charge on any atom is 0.303 e. The van der Waals surface area contributed by atoms with Crippen molar-refractivity contribution in [3.8, 4) is 0 Å². The van der Waals surface area contributed by atoms with Crippen LogP contribution < -0.4 is 0 Å². The molecule has 0 fully saturated rings. The lowest BCUT2D eigenvalue weighted by molar-refractivity contribution is -0.137. The second-order valence-corrected chi connectivity index (χ2v) is 2.65. The van der Waals surface area contributed by atoms with E-state index in [1.807, 2.05) is 14.1 Å². The summed E-state index contributed by atoms with van der Waals surface area (Å²) in [6.07, 6.45) is 2.06. The third-order valence-electron chi connectivity index (χ3n) is 1.25. The highest BCUT2D eigenvalue weighted by Crippen LogP contribution is 1.95. The summed E-state index contributed by atoms with van der Waals surface area (Å²) in [7, 11) is 3.97. The Kier molecular flexibility index (Phi) is 9.47. The van der Waals surface area contributed by atoms with E-state index in [0.717, 1.165) is 19.4 Å². The van der Waals surface area contributed by atoms with Crippen LogP contribution in [-0.4, -0.2) is 36.6 Å². The molecule has 68 valence electrons. The van der Waals surface area contributed by atoms with Crippen LogP contribution in [0.15, 0.2) is 0 Å². The Morgan fingerprint density at radius 2 is 1.91 bits per heavy atom. The van der Waals surface area contributed by atoms with Gasteiger partial charge in [0.2, 0.25) is 0 Å². The van der Waals surface area contributed by atoms with Crippen molar-refractivity contribution < 1.29 is 9.90 Å². The van der Waals surface area contributed by atoms with Crippen LogP contribution in [0.2, 0.25) is 0 Å². The molecule has 0 radical (unpaired) electrons. The summed E-state index contributed by atoms with van der Waals surface area (Å²) in [5.41, 5.74) is 0. The predicted octanol–water partition coefficient (Wildman–Crippen LogP) is 1.22. The molecule has 0 aromatic heterocycles. The number of unbranched alkanes of at least 4 members (excludes halogenated alkanes) is 1. The Morgan fingerprint density at radius 3 is 2.27 bits per heavy atom. The van der Waals surface area contributed by atoms with Crippen LogP contribution in [0.3, 0.4) is 0 Å². The minimum absolute atomic E-state index is 0. The molecule has 0 aliphatic carbocycles. The SMILES string of the molecule is CN(C)CCCCC(=O)O.Cl. The van der Waals surface area contributed by atoms with Crippen molar-refractivity contribution in [2.75, 3.05) is 20.6 Å². The van der Waals surface area contributed by atoms with Crippen molar-refractivity contribution in [3.05, 3.63) is 0 Å². The highest BCUT2D eigenvalue weighted by Gasteiger charge is 1.96. The molecule has 11 heavy (non-hydrogen) atoms. The molecule has 0 atom stereocenters. The number of rotatable bonds is 5. The zero-order valence-electron chi connectivity index (χ0n) is 7.04. The quantitative estimate of drug-likeness (QED) is 0.649. The van der Waals surface area contributed by atoms with Gasteiger partial charge in [-0.25, -0.2) is 0 Å². The molecule has 0 aliphatic rings. The monoisotopic (exact) mass is 181 g/mol. The number of aliphatic carboxylic acids is 1. The Bertz CT molecular complexity index is 107. The molecule has 0 heterocycles. The van der Waals surface area contributed by atoms with Crippen LogP contribution in [-0.2, 0) is 4.79 Å². The van der Waals surface area contributed by atoms with Gasteiger partial charge < -0.3 is 10.0 Å². The molecule has 0 amide bonds. The number of carbonyl (C=O) groups is 1. The molecule has 0 spiro atoms. The van der Waals surface area contributed by atoms with Gasteiger partial charge in [-0.2, -0.15) is 0 Å². The van der Waals surface area contributed by atoms with Gasteiger partial charge in [0.25, 0.3) is 0 Å². The molecule has 0 rings (SSSR count). The van der Waals surface area contributed by atoms with Crippen LogP contribution in [0.1, 0.15) is 19.3 Å². The number of nitrogens with zero attached hydrogens (tertiary/aromatic N) is 1. The number of halogens is 1. The van der Waals surface area contributed by atoms with E-state index in [-0.39, 0.29) is 12.4 Å². The van der Waals surface area contributed by atoms with E-state index >= 15 is 0 Å². The lowest BCUT2D eigenvalue weighted by atomic mass is 10.2. The zero-order valence-corrected chi connectivity index (χ0v) is 7.86. The van der Waals surface area contributed by atoms with Crippen molar-refractivity contribution >= 4 is 18.4 Å². The first-order valence-corrected chi connectivity index (χ1v) is 3.49. The van der Waals surface area contributed by atoms with E-state index in [4.69, 9.17) is 5.11 Å². The molecule has 0 bridgehead atoms. The van der Waals surface area contributed by atoms with Gasteiger partial charge in [0.05, 0.1) is 0 Å². The summed E-state index contributed by atoms with van der Waals surface area (Å²) >= 11 is 0. The van der Waals surface area contributed by atoms with E-state index in [9.17, 15) is 4.79 Å². The minimum atomic E-state index is -0.696. The molecule has 0 aromatic rings. The summed E-state index contributed by atoms with van der Waals surface area (Å²) < 4.78 is 0. The van der Waals surface area contributed by atoms with E-state index in [1.54, 1.807) is 0 Å². The summed E-state index contributed by atoms with van der Waals surface area (Å²) in [4.78, 5) is 12.1. The van der Waals surface area contributed by atoms with Crippen molar-refractivity contribution in [1.29, 1.82) is 0 Å². The van der Waals surface area contributed by atoms with Gasteiger partial charge in [0, 0.05) is 6.42 Å². The maximum atomic E-state index is 10.0. The Morgan fingerprint density at radius 1 is 1.36 bits per heavy atom. The lowest BCUT2D eigenvalue weighted by Gasteiger charge is -2.07. The standard InChI is InChI=1S/C7H15NO2.ClH/c1-8(2)6-4-3-5-7(9)10;/h3-6H2,1-2H3,(H,9,10);1H. The molecule has 0 aromatic carbocycles. The topological polar surface area (TPSA) is 40.5 Å². The average molecular weight is 182 g/mol. The van der Waals surface area contributed by atoms with Crippen LogP contribution in [0.25, 0.3) is 0 Å². The number of carboxylic acids is 1. The van der Waals surface area contributed by atoms with Gasteiger partial charge in [-0.15, -0.1) is 12.4 Å². The Hall–Kier alpha value is -0.280. The minimum Gasteiger partial charge on any atom is -0.481 e. The van der Waals surface area contributed by atoms with Crippen molar-refractivity contribution in [3.63, 3.8) is 0 Å². The average Bonchev–Trinajstić information content (AvgIpc) is 1.79. The second-order valence-electron chi connectivity index (χ2n) is 2.65. The normalized spacial score (nSPS) is 9.36. The Balaban J connectivity index is 0. The molecular formula is C7H16ClNO2. The van der Waals surface area contributed by atoms with Gasteiger partial charge in [-0.1, -0.05) is 0 Å². The van der Waals surface area contributed by atoms with E-state index in [2.05, 4.69) is 4.90 Å². The summed E-state index contributed by atoms with van der Waals surface area (Å²) in [5, 5.41) is 8.27. The fourth-order valence-corrected chi connectivity index (χ4v) is 0.704. The fourth-order valence-electron chi connectivity index (χ4n) is 0.704. The van der Waals surface area contributed by atoms with Gasteiger partial charge >= 0.3 is 5.97 Å². The van der Waals surface area contributed by atoms with E-state index in [0.29, 0.717) is 6.42 Å². The second kappa shape index (κ2) is 7.82. The summed E-state index contributed by atoms with van der Waals surface area (Å²) in [6.45, 7) is 0.979. The van der Waals surface area contributed by atoms with E-state index in [1.165, 1.54) is 0 Å².